The highest BCUT2D eigenvalue weighted by atomic mass is 32.1. The van der Waals surface area contributed by atoms with E-state index in [1.165, 1.54) is 19.3 Å². The topological polar surface area (TPSA) is 57.9 Å². The first kappa shape index (κ1) is 21.9. The van der Waals surface area contributed by atoms with Crippen molar-refractivity contribution in [3.8, 4) is 6.07 Å². The standard InChI is InChI=1S/C19H31NO2S/c1-2-3-4-5-9-17(14-15-21)10-8-12-18(22)11-6-7-13-19(23)16-20/h8,10,15,17,19,23H,2-7,9,11-14H2,1H3/b10-8+. The smallest absolute Gasteiger partial charge is 0.136 e. The van der Waals surface area contributed by atoms with Gasteiger partial charge in [0.15, 0.2) is 0 Å². The van der Waals surface area contributed by atoms with Gasteiger partial charge in [0.1, 0.15) is 12.1 Å². The van der Waals surface area contributed by atoms with Crippen LogP contribution in [0.5, 0.6) is 0 Å². The molecular weight excluding hydrogens is 306 g/mol. The third-order valence-corrected chi connectivity index (χ3v) is 4.29. The van der Waals surface area contributed by atoms with Gasteiger partial charge in [0, 0.05) is 19.3 Å². The van der Waals surface area contributed by atoms with Gasteiger partial charge in [-0.3, -0.25) is 4.79 Å². The highest BCUT2D eigenvalue weighted by Crippen LogP contribution is 2.16. The maximum absolute atomic E-state index is 11.8. The van der Waals surface area contributed by atoms with Crippen LogP contribution in [0.3, 0.4) is 0 Å². The zero-order valence-corrected chi connectivity index (χ0v) is 15.3. The minimum Gasteiger partial charge on any atom is -0.303 e. The van der Waals surface area contributed by atoms with E-state index >= 15 is 0 Å². The molecule has 0 aliphatic rings. The van der Waals surface area contributed by atoms with E-state index in [1.807, 2.05) is 12.2 Å². The number of carbonyl (C=O) groups is 2. The second kappa shape index (κ2) is 15.8. The second-order valence-corrected chi connectivity index (χ2v) is 6.70. The molecule has 0 saturated carbocycles. The van der Waals surface area contributed by atoms with Crippen LogP contribution in [0.2, 0.25) is 0 Å². The number of aldehydes is 1. The Morgan fingerprint density at radius 3 is 2.57 bits per heavy atom. The van der Waals surface area contributed by atoms with Crippen LogP contribution in [0.25, 0.3) is 0 Å². The molecule has 0 amide bonds. The molecule has 0 aromatic rings. The predicted molar refractivity (Wildman–Crippen MR) is 98.5 cm³/mol. The number of carbonyl (C=O) groups excluding carboxylic acids is 2. The van der Waals surface area contributed by atoms with E-state index in [4.69, 9.17) is 5.26 Å². The number of unbranched alkanes of at least 4 members (excludes halogenated alkanes) is 4. The van der Waals surface area contributed by atoms with Crippen LogP contribution in [0.15, 0.2) is 12.2 Å². The van der Waals surface area contributed by atoms with E-state index in [-0.39, 0.29) is 17.0 Å². The molecule has 0 bridgehead atoms. The van der Waals surface area contributed by atoms with Gasteiger partial charge in [-0.05, 0) is 25.2 Å². The molecule has 0 N–H and O–H groups in total. The van der Waals surface area contributed by atoms with Crippen molar-refractivity contribution in [1.29, 1.82) is 5.26 Å². The summed E-state index contributed by atoms with van der Waals surface area (Å²) in [5, 5.41) is 8.40. The highest BCUT2D eigenvalue weighted by Gasteiger charge is 2.05. The lowest BCUT2D eigenvalue weighted by Gasteiger charge is -2.08. The minimum absolute atomic E-state index is 0.221. The molecule has 0 heterocycles. The maximum Gasteiger partial charge on any atom is 0.136 e. The third kappa shape index (κ3) is 14.3. The average molecular weight is 338 g/mol. The first-order chi connectivity index (χ1) is 11.1. The summed E-state index contributed by atoms with van der Waals surface area (Å²) >= 11 is 4.11. The number of hydrogen-bond acceptors (Lipinski definition) is 4. The molecule has 2 atom stereocenters. The van der Waals surface area contributed by atoms with E-state index in [0.717, 1.165) is 38.4 Å². The Kier molecular flexibility index (Phi) is 15.1. The molecular formula is C19H31NO2S. The number of thiol groups is 1. The van der Waals surface area contributed by atoms with E-state index in [1.54, 1.807) is 0 Å². The van der Waals surface area contributed by atoms with Crippen LogP contribution in [-0.4, -0.2) is 17.3 Å². The lowest BCUT2D eigenvalue weighted by molar-refractivity contribution is -0.118. The Hall–Kier alpha value is -1.08. The van der Waals surface area contributed by atoms with Gasteiger partial charge in [0.2, 0.25) is 0 Å². The fourth-order valence-electron chi connectivity index (χ4n) is 2.47. The summed E-state index contributed by atoms with van der Waals surface area (Å²) in [6.45, 7) is 2.19. The Bertz CT molecular complexity index is 387. The lowest BCUT2D eigenvalue weighted by Crippen LogP contribution is -2.00. The average Bonchev–Trinajstić information content (AvgIpc) is 2.55. The number of Topliss-reactive ketones (excluding diaryl/α,β-unsaturated/α-hetero) is 1. The monoisotopic (exact) mass is 337 g/mol. The van der Waals surface area contributed by atoms with Crippen LogP contribution in [0, 0.1) is 17.2 Å². The van der Waals surface area contributed by atoms with E-state index in [2.05, 4.69) is 25.6 Å². The van der Waals surface area contributed by atoms with Gasteiger partial charge in [-0.1, -0.05) is 51.2 Å². The summed E-state index contributed by atoms with van der Waals surface area (Å²) in [7, 11) is 0. The quantitative estimate of drug-likeness (QED) is 0.197. The van der Waals surface area contributed by atoms with Crippen molar-refractivity contribution < 1.29 is 9.59 Å². The largest absolute Gasteiger partial charge is 0.303 e. The number of rotatable bonds is 15. The highest BCUT2D eigenvalue weighted by molar-refractivity contribution is 7.81. The van der Waals surface area contributed by atoms with E-state index < -0.39 is 0 Å². The van der Waals surface area contributed by atoms with Crippen LogP contribution >= 0.6 is 12.6 Å². The predicted octanol–water partition coefficient (Wildman–Crippen LogP) is 5.06. The van der Waals surface area contributed by atoms with Gasteiger partial charge < -0.3 is 4.79 Å². The van der Waals surface area contributed by atoms with Gasteiger partial charge in [0.05, 0.1) is 11.3 Å². The molecule has 4 heteroatoms. The fourth-order valence-corrected chi connectivity index (χ4v) is 2.65. The second-order valence-electron chi connectivity index (χ2n) is 6.07. The molecule has 0 saturated heterocycles. The molecule has 0 aliphatic heterocycles. The minimum atomic E-state index is -0.221. The Labute approximate surface area is 146 Å². The Morgan fingerprint density at radius 1 is 1.17 bits per heavy atom. The lowest BCUT2D eigenvalue weighted by atomic mass is 9.97. The molecule has 0 rings (SSSR count). The van der Waals surface area contributed by atoms with Gasteiger partial charge in [-0.2, -0.15) is 17.9 Å². The van der Waals surface area contributed by atoms with Crippen LogP contribution in [0.4, 0.5) is 0 Å². The zero-order valence-electron chi connectivity index (χ0n) is 14.4. The van der Waals surface area contributed by atoms with Crippen molar-refractivity contribution in [1.82, 2.24) is 0 Å². The normalized spacial score (nSPS) is 13.6. The molecule has 0 aromatic carbocycles. The Balaban J connectivity index is 3.89. The molecule has 0 fully saturated rings. The van der Waals surface area contributed by atoms with Crippen molar-refractivity contribution >= 4 is 24.7 Å². The first-order valence-corrected chi connectivity index (χ1v) is 9.35. The first-order valence-electron chi connectivity index (χ1n) is 8.83. The number of allylic oxidation sites excluding steroid dienone is 2. The summed E-state index contributed by atoms with van der Waals surface area (Å²) in [6.07, 6.45) is 14.8. The molecule has 2 unspecified atom stereocenters. The van der Waals surface area contributed by atoms with Crippen molar-refractivity contribution in [2.45, 2.75) is 82.8 Å². The summed E-state index contributed by atoms with van der Waals surface area (Å²) in [5.41, 5.74) is 0. The van der Waals surface area contributed by atoms with Crippen molar-refractivity contribution in [3.63, 3.8) is 0 Å². The Morgan fingerprint density at radius 2 is 1.91 bits per heavy atom. The number of nitrogens with zero attached hydrogens (tertiary/aromatic N) is 1. The van der Waals surface area contributed by atoms with Gasteiger partial charge in [-0.15, -0.1) is 0 Å². The molecule has 23 heavy (non-hydrogen) atoms. The van der Waals surface area contributed by atoms with Crippen LogP contribution < -0.4 is 0 Å². The molecule has 3 nitrogen and oxygen atoms in total. The summed E-state index contributed by atoms with van der Waals surface area (Å²) < 4.78 is 0. The summed E-state index contributed by atoms with van der Waals surface area (Å²) in [4.78, 5) is 22.5. The molecule has 0 aromatic heterocycles. The van der Waals surface area contributed by atoms with E-state index in [0.29, 0.717) is 19.3 Å². The fraction of sp³-hybridized carbons (Fsp3) is 0.737. The number of ketones is 1. The summed E-state index contributed by atoms with van der Waals surface area (Å²) in [6, 6.07) is 2.08. The molecule has 130 valence electrons. The van der Waals surface area contributed by atoms with E-state index in [9.17, 15) is 9.59 Å². The van der Waals surface area contributed by atoms with Gasteiger partial charge >= 0.3 is 0 Å². The summed E-state index contributed by atoms with van der Waals surface area (Å²) in [5.74, 6) is 0.502. The van der Waals surface area contributed by atoms with Gasteiger partial charge in [-0.25, -0.2) is 0 Å². The van der Waals surface area contributed by atoms with Crippen molar-refractivity contribution in [3.05, 3.63) is 12.2 Å². The van der Waals surface area contributed by atoms with Crippen molar-refractivity contribution in [2.24, 2.45) is 5.92 Å². The number of hydrogen-bond donors (Lipinski definition) is 1. The third-order valence-electron chi connectivity index (χ3n) is 3.91. The molecule has 0 spiro atoms. The van der Waals surface area contributed by atoms with Crippen molar-refractivity contribution in [2.75, 3.05) is 0 Å². The maximum atomic E-state index is 11.8. The van der Waals surface area contributed by atoms with Crippen LogP contribution in [0.1, 0.15) is 77.6 Å². The zero-order chi connectivity index (χ0) is 17.3. The SMILES string of the molecule is CCCCCCC(/C=C/CC(=O)CCCCC(S)C#N)CC=O. The van der Waals surface area contributed by atoms with Gasteiger partial charge in [0.25, 0.3) is 0 Å². The van der Waals surface area contributed by atoms with Crippen LogP contribution in [-0.2, 0) is 9.59 Å². The molecule has 0 radical (unpaired) electrons. The number of nitriles is 1. The molecule has 0 aliphatic carbocycles.